The second-order valence-electron chi connectivity index (χ2n) is 3.16. The van der Waals surface area contributed by atoms with E-state index in [0.717, 1.165) is 14.5 Å². The van der Waals surface area contributed by atoms with Gasteiger partial charge >= 0.3 is 0 Å². The van der Waals surface area contributed by atoms with E-state index in [-0.39, 0.29) is 0 Å². The summed E-state index contributed by atoms with van der Waals surface area (Å²) in [6.45, 7) is 0. The molecule has 2 aromatic rings. The van der Waals surface area contributed by atoms with E-state index >= 15 is 0 Å². The van der Waals surface area contributed by atoms with Crippen LogP contribution in [0.25, 0.3) is 11.3 Å². The zero-order valence-corrected chi connectivity index (χ0v) is 11.2. The number of H-pyrrole nitrogens is 1. The van der Waals surface area contributed by atoms with Crippen LogP contribution >= 0.6 is 31.9 Å². The van der Waals surface area contributed by atoms with Crippen LogP contribution in [0.1, 0.15) is 10.5 Å². The molecule has 1 amide bonds. The highest BCUT2D eigenvalue weighted by Crippen LogP contribution is 2.29. The van der Waals surface area contributed by atoms with Crippen LogP contribution < -0.4 is 5.73 Å². The fourth-order valence-corrected chi connectivity index (χ4v) is 2.53. The van der Waals surface area contributed by atoms with Crippen molar-refractivity contribution in [1.29, 1.82) is 0 Å². The number of benzene rings is 1. The number of nitrogens with one attached hydrogen (secondary N) is 1. The molecule has 0 spiro atoms. The van der Waals surface area contributed by atoms with Crippen molar-refractivity contribution in [3.63, 3.8) is 0 Å². The monoisotopic (exact) mass is 343 g/mol. The molecule has 0 fully saturated rings. The van der Waals surface area contributed by atoms with Gasteiger partial charge in [0.2, 0.25) is 0 Å². The molecule has 0 aliphatic heterocycles. The number of hydrogen-bond donors (Lipinski definition) is 2. The van der Waals surface area contributed by atoms with Gasteiger partial charge in [0.25, 0.3) is 5.91 Å². The van der Waals surface area contributed by atoms with Crippen LogP contribution in [0.15, 0.2) is 33.2 Å². The van der Waals surface area contributed by atoms with Crippen molar-refractivity contribution in [2.75, 3.05) is 0 Å². The van der Waals surface area contributed by atoms with E-state index in [1.807, 2.05) is 18.2 Å². The highest BCUT2D eigenvalue weighted by atomic mass is 79.9. The van der Waals surface area contributed by atoms with Crippen molar-refractivity contribution in [2.24, 2.45) is 5.73 Å². The molecule has 0 saturated carbocycles. The lowest BCUT2D eigenvalue weighted by molar-refractivity contribution is 0.0995. The van der Waals surface area contributed by atoms with E-state index < -0.39 is 5.91 Å². The Morgan fingerprint density at radius 3 is 2.62 bits per heavy atom. The third-order valence-corrected chi connectivity index (χ3v) is 3.20. The summed E-state index contributed by atoms with van der Waals surface area (Å²) < 4.78 is 1.86. The second kappa shape index (κ2) is 4.39. The van der Waals surface area contributed by atoms with E-state index in [1.54, 1.807) is 6.07 Å². The Balaban J connectivity index is 2.46. The molecular formula is C10H7Br2N3O. The van der Waals surface area contributed by atoms with Gasteiger partial charge in [0, 0.05) is 14.5 Å². The topological polar surface area (TPSA) is 71.8 Å². The fraction of sp³-hybridized carbons (Fsp3) is 0. The molecular weight excluding hydrogens is 338 g/mol. The summed E-state index contributed by atoms with van der Waals surface area (Å²) in [5, 5.41) is 6.62. The molecule has 0 aliphatic rings. The Labute approximate surface area is 108 Å². The smallest absolute Gasteiger partial charge is 0.266 e. The van der Waals surface area contributed by atoms with Gasteiger partial charge in [0.15, 0.2) is 0 Å². The van der Waals surface area contributed by atoms with E-state index in [4.69, 9.17) is 5.73 Å². The summed E-state index contributed by atoms with van der Waals surface area (Å²) in [4.78, 5) is 10.9. The number of rotatable bonds is 2. The Morgan fingerprint density at radius 2 is 2.06 bits per heavy atom. The second-order valence-corrected chi connectivity index (χ2v) is 4.93. The van der Waals surface area contributed by atoms with Crippen molar-refractivity contribution >= 4 is 37.8 Å². The molecule has 1 aromatic carbocycles. The summed E-state index contributed by atoms with van der Waals surface area (Å²) >= 11 is 6.79. The zero-order valence-electron chi connectivity index (χ0n) is 8.00. The minimum absolute atomic E-state index is 0.296. The van der Waals surface area contributed by atoms with Gasteiger partial charge in [-0.1, -0.05) is 37.9 Å². The van der Waals surface area contributed by atoms with E-state index in [2.05, 4.69) is 42.1 Å². The first-order valence-electron chi connectivity index (χ1n) is 4.38. The third kappa shape index (κ3) is 2.17. The molecule has 3 N–H and O–H groups in total. The maximum Gasteiger partial charge on any atom is 0.266 e. The van der Waals surface area contributed by atoms with Gasteiger partial charge in [-0.15, -0.1) is 0 Å². The minimum Gasteiger partial charge on any atom is -0.364 e. The van der Waals surface area contributed by atoms with Crippen LogP contribution in [0.5, 0.6) is 0 Å². The van der Waals surface area contributed by atoms with Gasteiger partial charge in [-0.05, 0) is 18.2 Å². The Kier molecular flexibility index (Phi) is 3.11. The molecule has 2 rings (SSSR count). The lowest BCUT2D eigenvalue weighted by Crippen LogP contribution is -2.10. The lowest BCUT2D eigenvalue weighted by Gasteiger charge is -2.00. The molecule has 1 heterocycles. The third-order valence-electron chi connectivity index (χ3n) is 2.05. The zero-order chi connectivity index (χ0) is 11.7. The van der Waals surface area contributed by atoms with Crippen LogP contribution in [0.2, 0.25) is 0 Å². The van der Waals surface area contributed by atoms with Crippen molar-refractivity contribution in [3.05, 3.63) is 38.9 Å². The van der Waals surface area contributed by atoms with Gasteiger partial charge in [-0.3, -0.25) is 9.89 Å². The van der Waals surface area contributed by atoms with Crippen LogP contribution in [-0.2, 0) is 0 Å². The van der Waals surface area contributed by atoms with Gasteiger partial charge in [-0.2, -0.15) is 5.10 Å². The number of primary amides is 1. The number of aromatic amines is 1. The van der Waals surface area contributed by atoms with Crippen molar-refractivity contribution in [1.82, 2.24) is 10.2 Å². The number of carbonyl (C=O) groups excluding carboxylic acids is 1. The number of aromatic nitrogens is 2. The van der Waals surface area contributed by atoms with Crippen LogP contribution in [0.4, 0.5) is 0 Å². The number of hydrogen-bond acceptors (Lipinski definition) is 2. The number of carbonyl (C=O) groups is 1. The average Bonchev–Trinajstić information content (AvgIpc) is 2.66. The summed E-state index contributed by atoms with van der Waals surface area (Å²) in [7, 11) is 0. The molecule has 0 saturated heterocycles. The molecule has 0 radical (unpaired) electrons. The van der Waals surface area contributed by atoms with Crippen LogP contribution in [0, 0.1) is 0 Å². The summed E-state index contributed by atoms with van der Waals surface area (Å²) in [6.07, 6.45) is 0. The first-order valence-corrected chi connectivity index (χ1v) is 5.97. The van der Waals surface area contributed by atoms with Crippen LogP contribution in [-0.4, -0.2) is 16.1 Å². The molecule has 16 heavy (non-hydrogen) atoms. The first-order chi connectivity index (χ1) is 7.58. The van der Waals surface area contributed by atoms with Crippen molar-refractivity contribution < 1.29 is 4.79 Å². The average molecular weight is 345 g/mol. The number of nitrogens with zero attached hydrogens (tertiary/aromatic N) is 1. The summed E-state index contributed by atoms with van der Waals surface area (Å²) in [5.41, 5.74) is 7.00. The summed E-state index contributed by atoms with van der Waals surface area (Å²) in [6, 6.07) is 7.33. The predicted molar refractivity (Wildman–Crippen MR) is 67.9 cm³/mol. The minimum atomic E-state index is -0.521. The Morgan fingerprint density at radius 1 is 1.31 bits per heavy atom. The lowest BCUT2D eigenvalue weighted by atomic mass is 10.1. The normalized spacial score (nSPS) is 10.4. The molecule has 0 bridgehead atoms. The Hall–Kier alpha value is -1.14. The standard InChI is InChI=1S/C10H7Br2N3O/c11-5-1-2-6(7(12)3-5)8-4-9(10(13)16)15-14-8/h1-4H,(H2,13,16)(H,14,15). The molecule has 0 atom stereocenters. The van der Waals surface area contributed by atoms with Gasteiger partial charge in [0.05, 0.1) is 5.69 Å². The number of nitrogens with two attached hydrogens (primary N) is 1. The largest absolute Gasteiger partial charge is 0.364 e. The molecule has 82 valence electrons. The fourth-order valence-electron chi connectivity index (χ4n) is 1.28. The maximum absolute atomic E-state index is 10.9. The van der Waals surface area contributed by atoms with Crippen molar-refractivity contribution in [3.8, 4) is 11.3 Å². The molecule has 0 aliphatic carbocycles. The molecule has 0 unspecified atom stereocenters. The molecule has 6 heteroatoms. The molecule has 1 aromatic heterocycles. The van der Waals surface area contributed by atoms with Crippen molar-refractivity contribution in [2.45, 2.75) is 0 Å². The quantitative estimate of drug-likeness (QED) is 0.879. The Bertz CT molecular complexity index is 551. The number of halogens is 2. The van der Waals surface area contributed by atoms with E-state index in [0.29, 0.717) is 11.4 Å². The van der Waals surface area contributed by atoms with E-state index in [1.165, 1.54) is 0 Å². The maximum atomic E-state index is 10.9. The summed E-state index contributed by atoms with van der Waals surface area (Å²) in [5.74, 6) is -0.521. The van der Waals surface area contributed by atoms with E-state index in [9.17, 15) is 4.79 Å². The van der Waals surface area contributed by atoms with Gasteiger partial charge in [-0.25, -0.2) is 0 Å². The SMILES string of the molecule is NC(=O)c1cc(-c2ccc(Br)cc2Br)n[nH]1. The first kappa shape index (κ1) is 11.3. The van der Waals surface area contributed by atoms with Crippen LogP contribution in [0.3, 0.4) is 0 Å². The highest BCUT2D eigenvalue weighted by molar-refractivity contribution is 9.11. The predicted octanol–water partition coefficient (Wildman–Crippen LogP) is 2.70. The number of amides is 1. The van der Waals surface area contributed by atoms with Gasteiger partial charge < -0.3 is 5.73 Å². The van der Waals surface area contributed by atoms with Gasteiger partial charge in [0.1, 0.15) is 5.69 Å². The molecule has 4 nitrogen and oxygen atoms in total. The highest BCUT2D eigenvalue weighted by Gasteiger charge is 2.10.